The Hall–Kier alpha value is -2.37. The van der Waals surface area contributed by atoms with Gasteiger partial charge in [-0.2, -0.15) is 0 Å². The molecule has 1 fully saturated rings. The third-order valence-corrected chi connectivity index (χ3v) is 5.44. The largest absolute Gasteiger partial charge is 0.469 e. The molecule has 28 heavy (non-hydrogen) atoms. The van der Waals surface area contributed by atoms with Crippen molar-refractivity contribution in [2.24, 2.45) is 11.3 Å². The summed E-state index contributed by atoms with van der Waals surface area (Å²) in [6.07, 6.45) is 2.05. The van der Waals surface area contributed by atoms with Gasteiger partial charge in [-0.05, 0) is 51.2 Å². The summed E-state index contributed by atoms with van der Waals surface area (Å²) in [5, 5.41) is 3.05. The van der Waals surface area contributed by atoms with Gasteiger partial charge in [-0.3, -0.25) is 14.4 Å². The maximum Gasteiger partial charge on any atom is 0.313 e. The van der Waals surface area contributed by atoms with Crippen molar-refractivity contribution in [3.8, 4) is 0 Å². The summed E-state index contributed by atoms with van der Waals surface area (Å²) in [6, 6.07) is 8.12. The van der Waals surface area contributed by atoms with Crippen LogP contribution in [0, 0.1) is 11.3 Å². The summed E-state index contributed by atoms with van der Waals surface area (Å²) in [7, 11) is 1.36. The zero-order valence-corrected chi connectivity index (χ0v) is 17.5. The van der Waals surface area contributed by atoms with Crippen LogP contribution in [0.3, 0.4) is 0 Å². The molecule has 1 N–H and O–H groups in total. The summed E-state index contributed by atoms with van der Waals surface area (Å²) >= 11 is 0. The van der Waals surface area contributed by atoms with E-state index < -0.39 is 11.5 Å². The number of amides is 2. The summed E-state index contributed by atoms with van der Waals surface area (Å²) in [5.41, 5.74) is -0.280. The van der Waals surface area contributed by atoms with Gasteiger partial charge in [-0.15, -0.1) is 0 Å². The van der Waals surface area contributed by atoms with E-state index in [1.807, 2.05) is 32.0 Å². The lowest BCUT2D eigenvalue weighted by Gasteiger charge is -2.35. The summed E-state index contributed by atoms with van der Waals surface area (Å²) in [4.78, 5) is 39.9. The summed E-state index contributed by atoms with van der Waals surface area (Å²) in [6.45, 7) is 8.23. The van der Waals surface area contributed by atoms with Gasteiger partial charge in [0.2, 0.25) is 5.91 Å². The van der Waals surface area contributed by atoms with E-state index >= 15 is 0 Å². The van der Waals surface area contributed by atoms with E-state index in [4.69, 9.17) is 4.74 Å². The minimum atomic E-state index is -0.860. The fourth-order valence-electron chi connectivity index (χ4n) is 3.71. The van der Waals surface area contributed by atoms with Crippen molar-refractivity contribution in [1.82, 2.24) is 10.2 Å². The molecule has 1 aromatic rings. The van der Waals surface area contributed by atoms with E-state index in [1.165, 1.54) is 7.11 Å². The average Bonchev–Trinajstić information content (AvgIpc) is 3.16. The number of benzene rings is 1. The molecule has 1 heterocycles. The molecule has 0 aliphatic carbocycles. The first-order chi connectivity index (χ1) is 13.2. The topological polar surface area (TPSA) is 75.7 Å². The normalized spacial score (nSPS) is 18.1. The first-order valence-corrected chi connectivity index (χ1v) is 9.93. The zero-order chi connectivity index (χ0) is 20.9. The highest BCUT2D eigenvalue weighted by atomic mass is 16.5. The van der Waals surface area contributed by atoms with E-state index in [2.05, 4.69) is 5.32 Å². The van der Waals surface area contributed by atoms with Crippen LogP contribution in [0.5, 0.6) is 0 Å². The van der Waals surface area contributed by atoms with Crippen LogP contribution in [0.25, 0.3) is 0 Å². The standard InChI is InChI=1S/C22H32N2O4/c1-15(2)14-18(22(3,4)21(27)28-5)23-19(25)17-12-9-13-24(17)20(26)16-10-7-6-8-11-16/h6-8,10-11,15,17-18H,9,12-14H2,1-5H3,(H,23,25)/t17-,18-/m0/s1. The number of methoxy groups -OCH3 is 1. The molecule has 0 spiro atoms. The van der Waals surface area contributed by atoms with E-state index in [0.29, 0.717) is 30.9 Å². The van der Waals surface area contributed by atoms with Gasteiger partial charge in [0.1, 0.15) is 6.04 Å². The van der Waals surface area contributed by atoms with Crippen LogP contribution in [0.15, 0.2) is 30.3 Å². The molecular weight excluding hydrogens is 356 g/mol. The van der Waals surface area contributed by atoms with Crippen LogP contribution >= 0.6 is 0 Å². The Morgan fingerprint density at radius 2 is 1.86 bits per heavy atom. The predicted octanol–water partition coefficient (Wildman–Crippen LogP) is 3.02. The van der Waals surface area contributed by atoms with Crippen LogP contribution in [0.1, 0.15) is 57.3 Å². The number of esters is 1. The monoisotopic (exact) mass is 388 g/mol. The van der Waals surface area contributed by atoms with Crippen molar-refractivity contribution in [3.05, 3.63) is 35.9 Å². The molecule has 2 amide bonds. The number of likely N-dealkylation sites (tertiary alicyclic amines) is 1. The van der Waals surface area contributed by atoms with E-state index in [9.17, 15) is 14.4 Å². The molecule has 1 saturated heterocycles. The third-order valence-electron chi connectivity index (χ3n) is 5.44. The third kappa shape index (κ3) is 4.91. The second kappa shape index (κ2) is 9.22. The highest BCUT2D eigenvalue weighted by Gasteiger charge is 2.42. The Balaban J connectivity index is 2.17. The number of hydrogen-bond acceptors (Lipinski definition) is 4. The molecule has 1 aliphatic heterocycles. The van der Waals surface area contributed by atoms with Crippen molar-refractivity contribution in [3.63, 3.8) is 0 Å². The molecule has 0 aromatic heterocycles. The SMILES string of the molecule is COC(=O)C(C)(C)[C@H](CC(C)C)NC(=O)[C@@H]1CCCN1C(=O)c1ccccc1. The highest BCUT2D eigenvalue weighted by Crippen LogP contribution is 2.28. The van der Waals surface area contributed by atoms with Gasteiger partial charge >= 0.3 is 5.97 Å². The molecule has 0 unspecified atom stereocenters. The lowest BCUT2D eigenvalue weighted by molar-refractivity contribution is -0.153. The van der Waals surface area contributed by atoms with Crippen molar-refractivity contribution in [2.75, 3.05) is 13.7 Å². The van der Waals surface area contributed by atoms with Gasteiger partial charge in [0, 0.05) is 18.2 Å². The van der Waals surface area contributed by atoms with E-state index in [1.54, 1.807) is 30.9 Å². The Morgan fingerprint density at radius 1 is 1.21 bits per heavy atom. The molecule has 6 heteroatoms. The zero-order valence-electron chi connectivity index (χ0n) is 17.5. The van der Waals surface area contributed by atoms with Crippen LogP contribution in [0.2, 0.25) is 0 Å². The molecule has 154 valence electrons. The Kier molecular flexibility index (Phi) is 7.22. The Morgan fingerprint density at radius 3 is 2.43 bits per heavy atom. The molecule has 0 radical (unpaired) electrons. The number of nitrogens with zero attached hydrogens (tertiary/aromatic N) is 1. The van der Waals surface area contributed by atoms with Gasteiger partial charge < -0.3 is 15.0 Å². The molecular formula is C22H32N2O4. The molecule has 1 aromatic carbocycles. The minimum Gasteiger partial charge on any atom is -0.469 e. The number of carbonyl (C=O) groups is 3. The fraction of sp³-hybridized carbons (Fsp3) is 0.591. The smallest absolute Gasteiger partial charge is 0.313 e. The quantitative estimate of drug-likeness (QED) is 0.729. The lowest BCUT2D eigenvalue weighted by Crippen LogP contribution is -2.55. The number of ether oxygens (including phenoxy) is 1. The number of rotatable bonds is 7. The lowest BCUT2D eigenvalue weighted by atomic mass is 9.80. The summed E-state index contributed by atoms with van der Waals surface area (Å²) < 4.78 is 4.95. The van der Waals surface area contributed by atoms with Crippen molar-refractivity contribution in [2.45, 2.75) is 59.0 Å². The van der Waals surface area contributed by atoms with E-state index in [-0.39, 0.29) is 23.8 Å². The maximum atomic E-state index is 13.1. The fourth-order valence-corrected chi connectivity index (χ4v) is 3.71. The van der Waals surface area contributed by atoms with Crippen LogP contribution in [0.4, 0.5) is 0 Å². The van der Waals surface area contributed by atoms with Crippen LogP contribution < -0.4 is 5.32 Å². The van der Waals surface area contributed by atoms with Crippen LogP contribution in [-0.4, -0.2) is 48.4 Å². The molecule has 2 atom stereocenters. The molecule has 6 nitrogen and oxygen atoms in total. The van der Waals surface area contributed by atoms with Gasteiger partial charge in [-0.25, -0.2) is 0 Å². The molecule has 0 bridgehead atoms. The Bertz CT molecular complexity index is 700. The van der Waals surface area contributed by atoms with Crippen molar-refractivity contribution in [1.29, 1.82) is 0 Å². The van der Waals surface area contributed by atoms with Crippen LogP contribution in [-0.2, 0) is 14.3 Å². The second-order valence-electron chi connectivity index (χ2n) is 8.43. The molecule has 2 rings (SSSR count). The molecule has 1 aliphatic rings. The highest BCUT2D eigenvalue weighted by molar-refractivity contribution is 5.98. The first-order valence-electron chi connectivity index (χ1n) is 9.93. The maximum absolute atomic E-state index is 13.1. The summed E-state index contributed by atoms with van der Waals surface area (Å²) in [5.74, 6) is -0.405. The average molecular weight is 389 g/mol. The predicted molar refractivity (Wildman–Crippen MR) is 108 cm³/mol. The van der Waals surface area contributed by atoms with Crippen molar-refractivity contribution < 1.29 is 19.1 Å². The van der Waals surface area contributed by atoms with Gasteiger partial charge in [-0.1, -0.05) is 32.0 Å². The second-order valence-corrected chi connectivity index (χ2v) is 8.43. The molecule has 0 saturated carbocycles. The van der Waals surface area contributed by atoms with Gasteiger partial charge in [0.25, 0.3) is 5.91 Å². The van der Waals surface area contributed by atoms with Crippen molar-refractivity contribution >= 4 is 17.8 Å². The van der Waals surface area contributed by atoms with Gasteiger partial charge in [0.05, 0.1) is 12.5 Å². The number of nitrogens with one attached hydrogen (secondary N) is 1. The minimum absolute atomic E-state index is 0.133. The Labute approximate surface area is 167 Å². The first kappa shape index (κ1) is 21.9. The number of carbonyl (C=O) groups excluding carboxylic acids is 3. The van der Waals surface area contributed by atoms with Gasteiger partial charge in [0.15, 0.2) is 0 Å². The number of hydrogen-bond donors (Lipinski definition) is 1. The van der Waals surface area contributed by atoms with E-state index in [0.717, 1.165) is 6.42 Å².